The highest BCUT2D eigenvalue weighted by Gasteiger charge is 2.46. The molecule has 9 heteroatoms. The molecule has 1 aliphatic heterocycles. The summed E-state index contributed by atoms with van der Waals surface area (Å²) in [5.74, 6) is -1.34. The maximum Gasteiger partial charge on any atom is 0.408 e. The van der Waals surface area contributed by atoms with Crippen molar-refractivity contribution in [3.8, 4) is 0 Å². The van der Waals surface area contributed by atoms with Gasteiger partial charge in [-0.3, -0.25) is 4.79 Å². The summed E-state index contributed by atoms with van der Waals surface area (Å²) < 4.78 is 41.8. The third-order valence-corrected chi connectivity index (χ3v) is 5.31. The van der Waals surface area contributed by atoms with Crippen molar-refractivity contribution in [2.75, 3.05) is 13.1 Å². The molecule has 3 rings (SSSR count). The van der Waals surface area contributed by atoms with E-state index in [-0.39, 0.29) is 11.7 Å². The van der Waals surface area contributed by atoms with Gasteiger partial charge in [0.15, 0.2) is 5.69 Å². The number of nitrogens with zero attached hydrogens (tertiary/aromatic N) is 3. The first-order valence-electron chi connectivity index (χ1n) is 8.88. The van der Waals surface area contributed by atoms with E-state index in [9.17, 15) is 18.0 Å². The van der Waals surface area contributed by atoms with E-state index in [0.29, 0.717) is 18.5 Å². The van der Waals surface area contributed by atoms with Crippen molar-refractivity contribution >= 4 is 5.91 Å². The Morgan fingerprint density at radius 3 is 2.48 bits per heavy atom. The van der Waals surface area contributed by atoms with E-state index < -0.39 is 24.0 Å². The second-order valence-corrected chi connectivity index (χ2v) is 6.99. The number of piperidine rings is 1. The van der Waals surface area contributed by atoms with E-state index in [1.165, 1.54) is 0 Å². The summed E-state index contributed by atoms with van der Waals surface area (Å²) in [4.78, 5) is 12.4. The fraction of sp³-hybridized carbons (Fsp3) is 0.812. The van der Waals surface area contributed by atoms with Crippen LogP contribution in [0.2, 0.25) is 0 Å². The van der Waals surface area contributed by atoms with Gasteiger partial charge >= 0.3 is 6.18 Å². The average molecular weight is 359 g/mol. The fourth-order valence-electron chi connectivity index (χ4n) is 3.92. The molecule has 1 aliphatic carbocycles. The van der Waals surface area contributed by atoms with Crippen LogP contribution in [0.1, 0.15) is 60.7 Å². The molecule has 140 valence electrons. The molecule has 25 heavy (non-hydrogen) atoms. The van der Waals surface area contributed by atoms with Gasteiger partial charge in [-0.05, 0) is 51.6 Å². The molecule has 2 fully saturated rings. The van der Waals surface area contributed by atoms with E-state index in [1.54, 1.807) is 11.6 Å². The molecule has 1 atom stereocenters. The summed E-state index contributed by atoms with van der Waals surface area (Å²) in [5.41, 5.74) is 0.516. The minimum atomic E-state index is -4.45. The Hall–Kier alpha value is -1.64. The number of amides is 1. The van der Waals surface area contributed by atoms with E-state index in [1.807, 2.05) is 0 Å². The Bertz CT molecular complexity index is 603. The number of halogens is 3. The van der Waals surface area contributed by atoms with Crippen LogP contribution in [0.5, 0.6) is 0 Å². The molecule has 6 nitrogen and oxygen atoms in total. The van der Waals surface area contributed by atoms with Gasteiger partial charge in [0, 0.05) is 0 Å². The van der Waals surface area contributed by atoms with Crippen LogP contribution in [0, 0.1) is 12.8 Å². The predicted molar refractivity (Wildman–Crippen MR) is 85.2 cm³/mol. The van der Waals surface area contributed by atoms with Gasteiger partial charge in [0.2, 0.25) is 0 Å². The van der Waals surface area contributed by atoms with Crippen molar-refractivity contribution in [2.24, 2.45) is 5.92 Å². The van der Waals surface area contributed by atoms with E-state index in [2.05, 4.69) is 20.9 Å². The minimum Gasteiger partial charge on any atom is -0.339 e. The zero-order valence-corrected chi connectivity index (χ0v) is 14.3. The van der Waals surface area contributed by atoms with Crippen molar-refractivity contribution in [2.45, 2.75) is 63.7 Å². The zero-order valence-electron chi connectivity index (χ0n) is 14.3. The smallest absolute Gasteiger partial charge is 0.339 e. The molecule has 0 bridgehead atoms. The highest BCUT2D eigenvalue weighted by Crippen LogP contribution is 2.35. The van der Waals surface area contributed by atoms with Gasteiger partial charge in [-0.1, -0.05) is 18.1 Å². The third-order valence-electron chi connectivity index (χ3n) is 5.31. The Morgan fingerprint density at radius 1 is 1.24 bits per heavy atom. The number of rotatable bonds is 4. The first-order chi connectivity index (χ1) is 11.9. The summed E-state index contributed by atoms with van der Waals surface area (Å²) in [7, 11) is 0. The molecule has 1 aromatic rings. The molecule has 2 aliphatic rings. The van der Waals surface area contributed by atoms with Gasteiger partial charge < -0.3 is 10.6 Å². The highest BCUT2D eigenvalue weighted by molar-refractivity contribution is 5.93. The second-order valence-electron chi connectivity index (χ2n) is 6.99. The Kier molecular flexibility index (Phi) is 5.31. The molecule has 1 saturated carbocycles. The Balaban J connectivity index is 1.74. The topological polar surface area (TPSA) is 71.8 Å². The van der Waals surface area contributed by atoms with Crippen LogP contribution >= 0.6 is 0 Å². The lowest BCUT2D eigenvalue weighted by molar-refractivity contribution is -0.164. The molecule has 1 saturated heterocycles. The van der Waals surface area contributed by atoms with Crippen molar-refractivity contribution < 1.29 is 18.0 Å². The number of carbonyl (C=O) groups is 1. The maximum atomic E-state index is 13.4. The van der Waals surface area contributed by atoms with Crippen LogP contribution in [0.3, 0.4) is 0 Å². The van der Waals surface area contributed by atoms with Gasteiger partial charge in [-0.25, -0.2) is 4.68 Å². The summed E-state index contributed by atoms with van der Waals surface area (Å²) in [5, 5.41) is 13.3. The number of hydrogen-bond acceptors (Lipinski definition) is 4. The van der Waals surface area contributed by atoms with Gasteiger partial charge in [-0.2, -0.15) is 13.2 Å². The molecule has 2 N–H and O–H groups in total. The molecule has 1 aromatic heterocycles. The van der Waals surface area contributed by atoms with Crippen LogP contribution in [0.25, 0.3) is 0 Å². The predicted octanol–water partition coefficient (Wildman–Crippen LogP) is 2.36. The minimum absolute atomic E-state index is 0.00854. The second kappa shape index (κ2) is 7.31. The number of hydrogen-bond donors (Lipinski definition) is 2. The molecular weight excluding hydrogens is 335 g/mol. The molecule has 0 radical (unpaired) electrons. The quantitative estimate of drug-likeness (QED) is 0.866. The number of carbonyl (C=O) groups excluding carboxylic acids is 1. The van der Waals surface area contributed by atoms with Crippen LogP contribution in [-0.4, -0.2) is 46.2 Å². The number of nitrogens with one attached hydrogen (secondary N) is 2. The van der Waals surface area contributed by atoms with Crippen LogP contribution < -0.4 is 10.6 Å². The van der Waals surface area contributed by atoms with Gasteiger partial charge in [-0.15, -0.1) is 5.10 Å². The van der Waals surface area contributed by atoms with Crippen molar-refractivity contribution in [3.63, 3.8) is 0 Å². The lowest BCUT2D eigenvalue weighted by atomic mass is 9.97. The third kappa shape index (κ3) is 3.96. The standard InChI is InChI=1S/C16H24F3N5O/c1-10-13(22-23-24(10)12-6-8-20-9-7-12)15(25)21-14(16(17,18)19)11-4-2-3-5-11/h11-12,14,20H,2-9H2,1H3,(H,21,25). The highest BCUT2D eigenvalue weighted by atomic mass is 19.4. The first-order valence-corrected chi connectivity index (χ1v) is 8.88. The summed E-state index contributed by atoms with van der Waals surface area (Å²) in [6, 6.07) is -1.69. The van der Waals surface area contributed by atoms with Gasteiger partial charge in [0.1, 0.15) is 6.04 Å². The van der Waals surface area contributed by atoms with Crippen LogP contribution in [-0.2, 0) is 0 Å². The molecule has 0 spiro atoms. The van der Waals surface area contributed by atoms with Crippen molar-refractivity contribution in [1.82, 2.24) is 25.6 Å². The van der Waals surface area contributed by atoms with Gasteiger partial charge in [0.05, 0.1) is 11.7 Å². The monoisotopic (exact) mass is 359 g/mol. The fourth-order valence-corrected chi connectivity index (χ4v) is 3.92. The lowest BCUT2D eigenvalue weighted by Crippen LogP contribution is -2.49. The van der Waals surface area contributed by atoms with E-state index >= 15 is 0 Å². The summed E-state index contributed by atoms with van der Waals surface area (Å²) >= 11 is 0. The van der Waals surface area contributed by atoms with E-state index in [4.69, 9.17) is 0 Å². The van der Waals surface area contributed by atoms with Crippen molar-refractivity contribution in [3.05, 3.63) is 11.4 Å². The molecule has 2 heterocycles. The average Bonchev–Trinajstić information content (AvgIpc) is 3.22. The SMILES string of the molecule is Cc1c(C(=O)NC(C2CCCC2)C(F)(F)F)nnn1C1CCNCC1. The molecule has 1 amide bonds. The first kappa shape index (κ1) is 18.2. The zero-order chi connectivity index (χ0) is 18.0. The van der Waals surface area contributed by atoms with E-state index in [0.717, 1.165) is 38.8 Å². The summed E-state index contributed by atoms with van der Waals surface area (Å²) in [6.07, 6.45) is -0.201. The lowest BCUT2D eigenvalue weighted by Gasteiger charge is -2.26. The van der Waals surface area contributed by atoms with Crippen LogP contribution in [0.4, 0.5) is 13.2 Å². The number of alkyl halides is 3. The van der Waals surface area contributed by atoms with Crippen LogP contribution in [0.15, 0.2) is 0 Å². The normalized spacial score (nSPS) is 21.4. The molecule has 1 unspecified atom stereocenters. The Morgan fingerprint density at radius 2 is 1.88 bits per heavy atom. The summed E-state index contributed by atoms with van der Waals surface area (Å²) in [6.45, 7) is 3.39. The maximum absolute atomic E-state index is 13.4. The van der Waals surface area contributed by atoms with Crippen molar-refractivity contribution in [1.29, 1.82) is 0 Å². The largest absolute Gasteiger partial charge is 0.408 e. The van der Waals surface area contributed by atoms with Gasteiger partial charge in [0.25, 0.3) is 5.91 Å². The number of aromatic nitrogens is 3. The Labute approximate surface area is 144 Å². The molecular formula is C16H24F3N5O. The molecule has 0 aromatic carbocycles.